The molecule has 0 saturated carbocycles. The van der Waals surface area contributed by atoms with Crippen molar-refractivity contribution in [3.63, 3.8) is 0 Å². The molecule has 90 valence electrons. The monoisotopic (exact) mass is 242 g/mol. The number of benzene rings is 1. The fourth-order valence-electron chi connectivity index (χ4n) is 1.45. The van der Waals surface area contributed by atoms with E-state index in [0.29, 0.717) is 18.8 Å². The molecule has 0 atom stereocenters. The van der Waals surface area contributed by atoms with Crippen LogP contribution >= 0.6 is 0 Å². The Kier molecular flexibility index (Phi) is 4.32. The van der Waals surface area contributed by atoms with Gasteiger partial charge in [0, 0.05) is 13.1 Å². The van der Waals surface area contributed by atoms with Crippen LogP contribution in [0.1, 0.15) is 19.4 Å². The Morgan fingerprint density at radius 2 is 1.75 bits per heavy atom. The van der Waals surface area contributed by atoms with Crippen LogP contribution in [0.3, 0.4) is 0 Å². The maximum atomic E-state index is 11.9. The zero-order valence-electron chi connectivity index (χ0n) is 9.90. The summed E-state index contributed by atoms with van der Waals surface area (Å²) < 4.78 is 27.8. The first-order chi connectivity index (χ1) is 7.51. The van der Waals surface area contributed by atoms with Crippen LogP contribution in [0.5, 0.6) is 0 Å². The van der Waals surface area contributed by atoms with Gasteiger partial charge in [-0.3, -0.25) is 4.72 Å². The first-order valence-electron chi connectivity index (χ1n) is 5.34. The van der Waals surface area contributed by atoms with Crippen LogP contribution in [0.15, 0.2) is 24.3 Å². The topological polar surface area (TPSA) is 49.4 Å². The fraction of sp³-hybridized carbons (Fsp3) is 0.455. The van der Waals surface area contributed by atoms with Crippen molar-refractivity contribution < 1.29 is 8.42 Å². The largest absolute Gasteiger partial charge is 0.301 e. The van der Waals surface area contributed by atoms with Gasteiger partial charge in [-0.2, -0.15) is 12.7 Å². The lowest BCUT2D eigenvalue weighted by Gasteiger charge is -2.20. The van der Waals surface area contributed by atoms with Gasteiger partial charge in [0.25, 0.3) is 0 Å². The van der Waals surface area contributed by atoms with Gasteiger partial charge in [0.05, 0.1) is 5.69 Å². The number of nitrogens with one attached hydrogen (secondary N) is 1. The van der Waals surface area contributed by atoms with E-state index in [1.54, 1.807) is 6.07 Å². The van der Waals surface area contributed by atoms with E-state index in [1.807, 2.05) is 39.0 Å². The molecule has 1 aromatic carbocycles. The lowest BCUT2D eigenvalue weighted by molar-refractivity contribution is 0.449. The van der Waals surface area contributed by atoms with Crippen molar-refractivity contribution in [1.82, 2.24) is 4.31 Å². The molecule has 0 fully saturated rings. The average molecular weight is 242 g/mol. The van der Waals surface area contributed by atoms with Crippen molar-refractivity contribution in [2.24, 2.45) is 0 Å². The SMILES string of the molecule is CCN(CC)S(=O)(=O)Nc1ccccc1C. The summed E-state index contributed by atoms with van der Waals surface area (Å²) >= 11 is 0. The lowest BCUT2D eigenvalue weighted by Crippen LogP contribution is -2.35. The lowest BCUT2D eigenvalue weighted by atomic mass is 10.2. The molecule has 0 aliphatic rings. The third kappa shape index (κ3) is 2.96. The summed E-state index contributed by atoms with van der Waals surface area (Å²) in [5, 5.41) is 0. The Bertz CT molecular complexity index is 439. The summed E-state index contributed by atoms with van der Waals surface area (Å²) in [6.07, 6.45) is 0. The quantitative estimate of drug-likeness (QED) is 0.858. The van der Waals surface area contributed by atoms with E-state index in [-0.39, 0.29) is 0 Å². The minimum absolute atomic E-state index is 0.470. The van der Waals surface area contributed by atoms with Crippen LogP contribution < -0.4 is 4.72 Å². The Hall–Kier alpha value is -1.07. The van der Waals surface area contributed by atoms with Gasteiger partial charge in [0.1, 0.15) is 0 Å². The molecule has 0 aromatic heterocycles. The molecular weight excluding hydrogens is 224 g/mol. The predicted octanol–water partition coefficient (Wildman–Crippen LogP) is 1.99. The highest BCUT2D eigenvalue weighted by Crippen LogP contribution is 2.16. The molecule has 0 saturated heterocycles. The molecule has 4 nitrogen and oxygen atoms in total. The van der Waals surface area contributed by atoms with Crippen molar-refractivity contribution in [2.45, 2.75) is 20.8 Å². The molecule has 0 heterocycles. The summed E-state index contributed by atoms with van der Waals surface area (Å²) in [5.41, 5.74) is 1.55. The summed E-state index contributed by atoms with van der Waals surface area (Å²) in [6.45, 7) is 6.46. The molecule has 1 aromatic rings. The van der Waals surface area contributed by atoms with E-state index in [4.69, 9.17) is 0 Å². The summed E-state index contributed by atoms with van der Waals surface area (Å²) in [6, 6.07) is 7.33. The summed E-state index contributed by atoms with van der Waals surface area (Å²) in [5.74, 6) is 0. The van der Waals surface area contributed by atoms with E-state index >= 15 is 0 Å². The number of aryl methyl sites for hydroxylation is 1. The first kappa shape index (κ1) is 13.0. The van der Waals surface area contributed by atoms with E-state index in [0.717, 1.165) is 5.56 Å². The normalized spacial score (nSPS) is 11.8. The van der Waals surface area contributed by atoms with Crippen molar-refractivity contribution in [2.75, 3.05) is 17.8 Å². The highest BCUT2D eigenvalue weighted by atomic mass is 32.2. The zero-order chi connectivity index (χ0) is 12.2. The molecule has 0 bridgehead atoms. The van der Waals surface area contributed by atoms with Gasteiger partial charge in [-0.1, -0.05) is 32.0 Å². The Labute approximate surface area is 97.5 Å². The van der Waals surface area contributed by atoms with E-state index in [2.05, 4.69) is 4.72 Å². The number of rotatable bonds is 5. The summed E-state index contributed by atoms with van der Waals surface area (Å²) in [7, 11) is -3.41. The number of hydrogen-bond acceptors (Lipinski definition) is 2. The summed E-state index contributed by atoms with van der Waals surface area (Å²) in [4.78, 5) is 0. The van der Waals surface area contributed by atoms with Crippen molar-refractivity contribution in [1.29, 1.82) is 0 Å². The Morgan fingerprint density at radius 3 is 2.25 bits per heavy atom. The van der Waals surface area contributed by atoms with Gasteiger partial charge < -0.3 is 0 Å². The predicted molar refractivity (Wildman–Crippen MR) is 66.6 cm³/mol. The molecule has 0 unspecified atom stereocenters. The van der Waals surface area contributed by atoms with Crippen molar-refractivity contribution >= 4 is 15.9 Å². The van der Waals surface area contributed by atoms with Crippen LogP contribution in [-0.4, -0.2) is 25.8 Å². The Balaban J connectivity index is 2.93. The molecule has 0 spiro atoms. The second-order valence-electron chi connectivity index (χ2n) is 3.51. The van der Waals surface area contributed by atoms with E-state index in [9.17, 15) is 8.42 Å². The number of para-hydroxylation sites is 1. The number of anilines is 1. The van der Waals surface area contributed by atoms with Crippen LogP contribution in [0.2, 0.25) is 0 Å². The maximum absolute atomic E-state index is 11.9. The van der Waals surface area contributed by atoms with Crippen LogP contribution in [0, 0.1) is 6.92 Å². The second kappa shape index (κ2) is 5.32. The van der Waals surface area contributed by atoms with Gasteiger partial charge >= 0.3 is 10.2 Å². The third-order valence-electron chi connectivity index (χ3n) is 2.43. The maximum Gasteiger partial charge on any atom is 0.301 e. The van der Waals surface area contributed by atoms with Gasteiger partial charge in [-0.25, -0.2) is 0 Å². The fourth-order valence-corrected chi connectivity index (χ4v) is 2.77. The molecule has 0 amide bonds. The second-order valence-corrected chi connectivity index (χ2v) is 5.18. The van der Waals surface area contributed by atoms with E-state index in [1.165, 1.54) is 4.31 Å². The smallest absolute Gasteiger partial charge is 0.271 e. The van der Waals surface area contributed by atoms with Crippen LogP contribution in [-0.2, 0) is 10.2 Å². The van der Waals surface area contributed by atoms with E-state index < -0.39 is 10.2 Å². The van der Waals surface area contributed by atoms with Gasteiger partial charge in [-0.05, 0) is 18.6 Å². The van der Waals surface area contributed by atoms with Crippen LogP contribution in [0.25, 0.3) is 0 Å². The Morgan fingerprint density at radius 1 is 1.19 bits per heavy atom. The van der Waals surface area contributed by atoms with Gasteiger partial charge in [-0.15, -0.1) is 0 Å². The number of nitrogens with zero attached hydrogens (tertiary/aromatic N) is 1. The zero-order valence-corrected chi connectivity index (χ0v) is 10.7. The standard InChI is InChI=1S/C11H18N2O2S/c1-4-13(5-2)16(14,15)12-11-9-7-6-8-10(11)3/h6-9,12H,4-5H2,1-3H3. The molecule has 0 radical (unpaired) electrons. The highest BCUT2D eigenvalue weighted by Gasteiger charge is 2.18. The minimum atomic E-state index is -3.41. The van der Waals surface area contributed by atoms with Gasteiger partial charge in [0.2, 0.25) is 0 Å². The molecule has 1 rings (SSSR count). The highest BCUT2D eigenvalue weighted by molar-refractivity contribution is 7.90. The first-order valence-corrected chi connectivity index (χ1v) is 6.78. The molecule has 5 heteroatoms. The molecule has 0 aliphatic heterocycles. The minimum Gasteiger partial charge on any atom is -0.271 e. The third-order valence-corrected chi connectivity index (χ3v) is 4.10. The number of hydrogen-bond donors (Lipinski definition) is 1. The average Bonchev–Trinajstić information content (AvgIpc) is 2.22. The molecular formula is C11H18N2O2S. The van der Waals surface area contributed by atoms with Crippen molar-refractivity contribution in [3.05, 3.63) is 29.8 Å². The molecule has 16 heavy (non-hydrogen) atoms. The molecule has 0 aliphatic carbocycles. The van der Waals surface area contributed by atoms with Crippen molar-refractivity contribution in [3.8, 4) is 0 Å². The van der Waals surface area contributed by atoms with Crippen LogP contribution in [0.4, 0.5) is 5.69 Å². The molecule has 1 N–H and O–H groups in total. The van der Waals surface area contributed by atoms with Gasteiger partial charge in [0.15, 0.2) is 0 Å².